The summed E-state index contributed by atoms with van der Waals surface area (Å²) in [6, 6.07) is 18.7. The molecule has 0 amide bonds. The van der Waals surface area contributed by atoms with Gasteiger partial charge in [-0.2, -0.15) is 14.6 Å². The van der Waals surface area contributed by atoms with Gasteiger partial charge in [-0.25, -0.2) is 0 Å². The number of furan rings is 1. The highest BCUT2D eigenvalue weighted by Gasteiger charge is 2.13. The highest BCUT2D eigenvalue weighted by atomic mass is 32.1. The number of nitro groups is 1. The van der Waals surface area contributed by atoms with Crippen LogP contribution in [-0.4, -0.2) is 19.5 Å². The highest BCUT2D eigenvalue weighted by Crippen LogP contribution is 2.26. The van der Waals surface area contributed by atoms with Crippen LogP contribution in [0.4, 0.5) is 5.69 Å². The molecule has 5 aromatic rings. The Hall–Kier alpha value is -4.44. The number of hydrogen-bond acceptors (Lipinski definition) is 8. The highest BCUT2D eigenvalue weighted by molar-refractivity contribution is 7.15. The zero-order valence-corrected chi connectivity index (χ0v) is 17.7. The van der Waals surface area contributed by atoms with Crippen molar-refractivity contribution in [3.8, 4) is 11.3 Å². The van der Waals surface area contributed by atoms with E-state index in [0.717, 1.165) is 21.4 Å². The van der Waals surface area contributed by atoms with Crippen molar-refractivity contribution in [3.05, 3.63) is 119 Å². The summed E-state index contributed by atoms with van der Waals surface area (Å²) in [6.07, 6.45) is 1.81. The van der Waals surface area contributed by atoms with Crippen LogP contribution in [0.5, 0.6) is 0 Å². The van der Waals surface area contributed by atoms with E-state index in [4.69, 9.17) is 4.42 Å². The molecule has 33 heavy (non-hydrogen) atoms. The summed E-state index contributed by atoms with van der Waals surface area (Å²) in [5.74, 6) is 0.807. The van der Waals surface area contributed by atoms with E-state index in [2.05, 4.69) is 10.1 Å². The van der Waals surface area contributed by atoms with Gasteiger partial charge >= 0.3 is 0 Å². The average Bonchev–Trinajstić information content (AvgIpc) is 3.40. The molecule has 3 aromatic heterocycles. The van der Waals surface area contributed by atoms with E-state index < -0.39 is 16.0 Å². The fraction of sp³-hybridized carbons (Fsp3) is 0.0435. The number of fused-ring (bicyclic) bond motifs is 1. The van der Waals surface area contributed by atoms with E-state index in [9.17, 15) is 19.7 Å². The largest absolute Gasteiger partial charge is 0.457 e. The fourth-order valence-corrected chi connectivity index (χ4v) is 4.21. The summed E-state index contributed by atoms with van der Waals surface area (Å²) in [6.45, 7) is 0. The van der Waals surface area contributed by atoms with Gasteiger partial charge in [0.2, 0.25) is 4.96 Å². The van der Waals surface area contributed by atoms with Gasteiger partial charge in [0.25, 0.3) is 16.8 Å². The summed E-state index contributed by atoms with van der Waals surface area (Å²) in [4.78, 5) is 40.0. The first-order valence-corrected chi connectivity index (χ1v) is 10.6. The lowest BCUT2D eigenvalue weighted by molar-refractivity contribution is -0.384. The topological polar surface area (TPSA) is 121 Å². The molecule has 0 atom stereocenters. The molecule has 0 radical (unpaired) electrons. The lowest BCUT2D eigenvalue weighted by atomic mass is 10.1. The Morgan fingerprint density at radius 1 is 1.06 bits per heavy atom. The predicted octanol–water partition coefficient (Wildman–Crippen LogP) is 2.82. The maximum absolute atomic E-state index is 12.9. The van der Waals surface area contributed by atoms with Crippen LogP contribution >= 0.6 is 11.3 Å². The quantitative estimate of drug-likeness (QED) is 0.293. The second-order valence-corrected chi connectivity index (χ2v) is 8.15. The third kappa shape index (κ3) is 4.06. The molecule has 162 valence electrons. The number of benzene rings is 2. The molecular weight excluding hydrogens is 444 g/mol. The SMILES string of the molecule is O=c1nc2s/c(=C\c3ccc(-c4cccc([N+](=O)[O-])c4)o3)c(=O)n2nc1Cc1ccccc1. The Morgan fingerprint density at radius 3 is 2.67 bits per heavy atom. The summed E-state index contributed by atoms with van der Waals surface area (Å²) in [5.41, 5.74) is 0.687. The molecule has 10 heteroatoms. The van der Waals surface area contributed by atoms with E-state index >= 15 is 0 Å². The molecule has 0 N–H and O–H groups in total. The Balaban J connectivity index is 1.52. The molecule has 9 nitrogen and oxygen atoms in total. The molecule has 0 saturated carbocycles. The van der Waals surface area contributed by atoms with Crippen molar-refractivity contribution >= 4 is 28.1 Å². The monoisotopic (exact) mass is 458 g/mol. The summed E-state index contributed by atoms with van der Waals surface area (Å²) < 4.78 is 7.19. The molecule has 0 aliphatic heterocycles. The van der Waals surface area contributed by atoms with Gasteiger partial charge in [-0.05, 0) is 17.7 Å². The number of nitro benzene ring substituents is 1. The number of aromatic nitrogens is 3. The third-order valence-electron chi connectivity index (χ3n) is 4.91. The maximum atomic E-state index is 12.9. The Bertz CT molecular complexity index is 1670. The van der Waals surface area contributed by atoms with Gasteiger partial charge in [-0.3, -0.25) is 19.7 Å². The molecule has 0 bridgehead atoms. The number of thiazole rings is 1. The van der Waals surface area contributed by atoms with E-state index in [0.29, 0.717) is 21.6 Å². The third-order valence-corrected chi connectivity index (χ3v) is 5.87. The molecular formula is C23H14N4O5S. The van der Waals surface area contributed by atoms with Crippen LogP contribution in [0.1, 0.15) is 17.0 Å². The Kier molecular flexibility index (Phi) is 5.11. The number of non-ortho nitro benzene ring substituents is 1. The molecule has 0 spiro atoms. The summed E-state index contributed by atoms with van der Waals surface area (Å²) in [5, 5.41) is 15.2. The minimum Gasteiger partial charge on any atom is -0.457 e. The normalized spacial score (nSPS) is 11.8. The van der Waals surface area contributed by atoms with Crippen molar-refractivity contribution in [1.82, 2.24) is 14.6 Å². The number of hydrogen-bond donors (Lipinski definition) is 0. The van der Waals surface area contributed by atoms with Gasteiger partial charge in [0, 0.05) is 30.2 Å². The van der Waals surface area contributed by atoms with Gasteiger partial charge in [0.1, 0.15) is 21.7 Å². The molecule has 0 aliphatic carbocycles. The van der Waals surface area contributed by atoms with Crippen LogP contribution < -0.4 is 15.7 Å². The van der Waals surface area contributed by atoms with Gasteiger partial charge in [-0.1, -0.05) is 53.8 Å². The fourth-order valence-electron chi connectivity index (χ4n) is 3.33. The molecule has 0 unspecified atom stereocenters. The Labute approximate surface area is 189 Å². The minimum absolute atomic E-state index is 0.0472. The first kappa shape index (κ1) is 20.5. The molecule has 0 fully saturated rings. The lowest BCUT2D eigenvalue weighted by Crippen LogP contribution is -2.28. The second kappa shape index (κ2) is 8.24. The van der Waals surface area contributed by atoms with Gasteiger partial charge in [0.15, 0.2) is 0 Å². The zero-order chi connectivity index (χ0) is 22.9. The van der Waals surface area contributed by atoms with Crippen molar-refractivity contribution in [2.75, 3.05) is 0 Å². The van der Waals surface area contributed by atoms with Crippen molar-refractivity contribution in [2.45, 2.75) is 6.42 Å². The van der Waals surface area contributed by atoms with E-state index in [1.807, 2.05) is 30.3 Å². The Morgan fingerprint density at radius 2 is 1.88 bits per heavy atom. The summed E-state index contributed by atoms with van der Waals surface area (Å²) >= 11 is 1.03. The van der Waals surface area contributed by atoms with Crippen molar-refractivity contribution in [3.63, 3.8) is 0 Å². The molecule has 3 heterocycles. The van der Waals surface area contributed by atoms with E-state index in [1.54, 1.807) is 24.3 Å². The van der Waals surface area contributed by atoms with E-state index in [1.165, 1.54) is 18.2 Å². The first-order chi connectivity index (χ1) is 16.0. The maximum Gasteiger partial charge on any atom is 0.296 e. The van der Waals surface area contributed by atoms with Crippen molar-refractivity contribution < 1.29 is 9.34 Å². The van der Waals surface area contributed by atoms with Crippen LogP contribution in [-0.2, 0) is 6.42 Å². The van der Waals surface area contributed by atoms with Crippen LogP contribution in [0.25, 0.3) is 22.4 Å². The molecule has 5 rings (SSSR count). The van der Waals surface area contributed by atoms with Crippen LogP contribution in [0.3, 0.4) is 0 Å². The first-order valence-electron chi connectivity index (χ1n) is 9.81. The molecule has 2 aromatic carbocycles. The molecule has 0 saturated heterocycles. The van der Waals surface area contributed by atoms with Crippen molar-refractivity contribution in [2.24, 2.45) is 0 Å². The number of rotatable bonds is 5. The van der Waals surface area contributed by atoms with Crippen LogP contribution in [0.15, 0.2) is 80.7 Å². The van der Waals surface area contributed by atoms with Crippen LogP contribution in [0, 0.1) is 10.1 Å². The van der Waals surface area contributed by atoms with E-state index in [-0.39, 0.29) is 22.8 Å². The zero-order valence-electron chi connectivity index (χ0n) is 16.9. The van der Waals surface area contributed by atoms with Gasteiger partial charge in [0.05, 0.1) is 4.92 Å². The smallest absolute Gasteiger partial charge is 0.296 e. The summed E-state index contributed by atoms with van der Waals surface area (Å²) in [7, 11) is 0. The predicted molar refractivity (Wildman–Crippen MR) is 122 cm³/mol. The lowest BCUT2D eigenvalue weighted by Gasteiger charge is -1.99. The van der Waals surface area contributed by atoms with Gasteiger partial charge < -0.3 is 4.42 Å². The average molecular weight is 458 g/mol. The van der Waals surface area contributed by atoms with Crippen LogP contribution in [0.2, 0.25) is 0 Å². The van der Waals surface area contributed by atoms with Crippen molar-refractivity contribution in [1.29, 1.82) is 0 Å². The second-order valence-electron chi connectivity index (χ2n) is 7.15. The molecule has 0 aliphatic rings. The van der Waals surface area contributed by atoms with Gasteiger partial charge in [-0.15, -0.1) is 0 Å². The minimum atomic E-state index is -0.478. The standard InChI is InChI=1S/C23H14N4O5S/c28-21-18(11-14-5-2-1-3-6-14)25-26-22(29)20(33-23(26)24-21)13-17-9-10-19(32-17)15-7-4-8-16(12-15)27(30)31/h1-10,12-13H,11H2/b20-13-. The number of nitrogens with zero attached hydrogens (tertiary/aromatic N) is 4.